The number of alkyl halides is 3. The molecule has 0 spiro atoms. The van der Waals surface area contributed by atoms with Crippen LogP contribution in [0, 0.1) is 11.3 Å². The number of hydrogen-bond acceptors (Lipinski definition) is 2. The molecule has 0 radical (unpaired) electrons. The zero-order valence-electron chi connectivity index (χ0n) is 14.7. The Morgan fingerprint density at radius 2 is 1.78 bits per heavy atom. The van der Waals surface area contributed by atoms with Crippen molar-refractivity contribution in [3.63, 3.8) is 0 Å². The van der Waals surface area contributed by atoms with Crippen molar-refractivity contribution in [1.29, 1.82) is 5.26 Å². The van der Waals surface area contributed by atoms with E-state index >= 15 is 0 Å². The monoisotopic (exact) mass is 488 g/mol. The summed E-state index contributed by atoms with van der Waals surface area (Å²) in [4.78, 5) is 4.33. The highest BCUT2D eigenvalue weighted by Crippen LogP contribution is 2.29. The number of nitriles is 1. The Morgan fingerprint density at radius 3 is 2.37 bits per heavy atom. The maximum Gasteiger partial charge on any atom is 0.416 e. The summed E-state index contributed by atoms with van der Waals surface area (Å²) in [6, 6.07) is 14.3. The van der Waals surface area contributed by atoms with E-state index in [1.54, 1.807) is 18.2 Å². The average Bonchev–Trinajstić information content (AvgIpc) is 2.64. The van der Waals surface area contributed by atoms with E-state index in [4.69, 9.17) is 5.26 Å². The van der Waals surface area contributed by atoms with E-state index < -0.39 is 11.7 Å². The van der Waals surface area contributed by atoms with Crippen LogP contribution < -0.4 is 10.6 Å². The van der Waals surface area contributed by atoms with Gasteiger partial charge in [-0.25, -0.2) is 4.99 Å². The van der Waals surface area contributed by atoms with Gasteiger partial charge in [0.1, 0.15) is 0 Å². The second-order valence-corrected chi connectivity index (χ2v) is 5.56. The van der Waals surface area contributed by atoms with Crippen molar-refractivity contribution in [2.45, 2.75) is 26.2 Å². The molecule has 27 heavy (non-hydrogen) atoms. The van der Waals surface area contributed by atoms with Gasteiger partial charge in [-0.3, -0.25) is 0 Å². The third-order valence-corrected chi connectivity index (χ3v) is 3.56. The molecule has 0 amide bonds. The van der Waals surface area contributed by atoms with Gasteiger partial charge in [0.15, 0.2) is 5.96 Å². The minimum Gasteiger partial charge on any atom is -0.357 e. The van der Waals surface area contributed by atoms with Crippen molar-refractivity contribution in [1.82, 2.24) is 10.6 Å². The van der Waals surface area contributed by atoms with E-state index in [2.05, 4.69) is 21.7 Å². The molecule has 0 heterocycles. The maximum atomic E-state index is 12.8. The Labute approximate surface area is 173 Å². The lowest BCUT2D eigenvalue weighted by Crippen LogP contribution is -2.36. The van der Waals surface area contributed by atoms with Gasteiger partial charge in [-0.1, -0.05) is 24.3 Å². The van der Waals surface area contributed by atoms with Gasteiger partial charge < -0.3 is 10.6 Å². The summed E-state index contributed by atoms with van der Waals surface area (Å²) in [7, 11) is 0. The Kier molecular flexibility index (Phi) is 9.08. The minimum atomic E-state index is -4.36. The first kappa shape index (κ1) is 22.8. The van der Waals surface area contributed by atoms with Gasteiger partial charge in [0.2, 0.25) is 0 Å². The Balaban J connectivity index is 0.00000364. The quantitative estimate of drug-likeness (QED) is 0.372. The first-order valence-electron chi connectivity index (χ1n) is 8.09. The molecule has 2 N–H and O–H groups in total. The Bertz CT molecular complexity index is 796. The number of hydrogen-bond donors (Lipinski definition) is 2. The first-order chi connectivity index (χ1) is 12.4. The zero-order chi connectivity index (χ0) is 19.0. The second-order valence-electron chi connectivity index (χ2n) is 5.56. The highest BCUT2D eigenvalue weighted by molar-refractivity contribution is 14.0. The summed E-state index contributed by atoms with van der Waals surface area (Å²) in [5.41, 5.74) is 1.35. The Hall–Kier alpha value is -2.28. The summed E-state index contributed by atoms with van der Waals surface area (Å²) in [5, 5.41) is 15.0. The molecule has 144 valence electrons. The molecule has 0 aliphatic carbocycles. The van der Waals surface area contributed by atoms with Gasteiger partial charge in [-0.2, -0.15) is 18.4 Å². The van der Waals surface area contributed by atoms with Crippen molar-refractivity contribution in [2.24, 2.45) is 4.99 Å². The predicted octanol–water partition coefficient (Wildman–Crippen LogP) is 4.45. The van der Waals surface area contributed by atoms with Gasteiger partial charge in [-0.05, 0) is 42.3 Å². The fraction of sp³-hybridized carbons (Fsp3) is 0.263. The van der Waals surface area contributed by atoms with Gasteiger partial charge in [0.25, 0.3) is 0 Å². The lowest BCUT2D eigenvalue weighted by atomic mass is 10.1. The van der Waals surface area contributed by atoms with Crippen LogP contribution in [-0.2, 0) is 19.3 Å². The number of halogens is 4. The smallest absolute Gasteiger partial charge is 0.357 e. The third kappa shape index (κ3) is 7.46. The maximum absolute atomic E-state index is 12.8. The molecule has 2 rings (SSSR count). The van der Waals surface area contributed by atoms with Crippen molar-refractivity contribution < 1.29 is 13.2 Å². The average molecular weight is 488 g/mol. The molecule has 0 bridgehead atoms. The molecule has 0 fully saturated rings. The zero-order valence-corrected chi connectivity index (χ0v) is 17.0. The molecule has 8 heteroatoms. The van der Waals surface area contributed by atoms with E-state index in [0.717, 1.165) is 17.7 Å². The molecule has 0 aliphatic rings. The van der Waals surface area contributed by atoms with E-state index in [1.165, 1.54) is 6.07 Å². The topological polar surface area (TPSA) is 60.2 Å². The molecular formula is C19H20F3IN4. The number of rotatable bonds is 5. The Morgan fingerprint density at radius 1 is 1.07 bits per heavy atom. The lowest BCUT2D eigenvalue weighted by Gasteiger charge is -2.12. The summed E-state index contributed by atoms with van der Waals surface area (Å²) in [5.74, 6) is 0.509. The van der Waals surface area contributed by atoms with Crippen LogP contribution >= 0.6 is 24.0 Å². The number of guanidine groups is 1. The number of benzene rings is 2. The number of nitrogens with one attached hydrogen (secondary N) is 2. The molecule has 2 aromatic rings. The first-order valence-corrected chi connectivity index (χ1v) is 8.09. The van der Waals surface area contributed by atoms with Gasteiger partial charge in [0.05, 0.1) is 23.7 Å². The lowest BCUT2D eigenvalue weighted by molar-refractivity contribution is -0.137. The van der Waals surface area contributed by atoms with Gasteiger partial charge in [-0.15, -0.1) is 24.0 Å². The molecule has 0 saturated carbocycles. The summed E-state index contributed by atoms with van der Waals surface area (Å²) in [6.07, 6.45) is -4.36. The van der Waals surface area contributed by atoms with Gasteiger partial charge >= 0.3 is 6.18 Å². The summed E-state index contributed by atoms with van der Waals surface area (Å²) >= 11 is 0. The van der Waals surface area contributed by atoms with E-state index in [-0.39, 0.29) is 30.5 Å². The van der Waals surface area contributed by atoms with Crippen LogP contribution in [0.2, 0.25) is 0 Å². The van der Waals surface area contributed by atoms with Crippen LogP contribution in [0.25, 0.3) is 0 Å². The van der Waals surface area contributed by atoms with E-state index in [1.807, 2.05) is 19.1 Å². The van der Waals surface area contributed by atoms with Crippen molar-refractivity contribution >= 4 is 29.9 Å². The van der Waals surface area contributed by atoms with Crippen LogP contribution in [0.1, 0.15) is 29.2 Å². The third-order valence-electron chi connectivity index (χ3n) is 3.56. The van der Waals surface area contributed by atoms with Crippen molar-refractivity contribution in [3.8, 4) is 6.07 Å². The molecule has 2 aromatic carbocycles. The van der Waals surface area contributed by atoms with Crippen LogP contribution in [-0.4, -0.2) is 12.5 Å². The highest BCUT2D eigenvalue weighted by Gasteiger charge is 2.30. The SMILES string of the molecule is CCNC(=NCc1cccc(C(F)(F)F)c1)NCc1ccc(C#N)cc1.I. The summed E-state index contributed by atoms with van der Waals surface area (Å²) < 4.78 is 38.3. The standard InChI is InChI=1S/C19H19F3N4.HI/c1-2-24-18(25-12-15-8-6-14(11-23)7-9-15)26-13-16-4-3-5-17(10-16)19(20,21)22;/h3-10H,2,12-13H2,1H3,(H2,24,25,26);1H. The molecule has 0 aliphatic heterocycles. The normalized spacial score (nSPS) is 11.3. The molecular weight excluding hydrogens is 468 g/mol. The predicted molar refractivity (Wildman–Crippen MR) is 110 cm³/mol. The van der Waals surface area contributed by atoms with Crippen molar-refractivity contribution in [3.05, 3.63) is 70.8 Å². The fourth-order valence-electron chi connectivity index (χ4n) is 2.24. The molecule has 0 aromatic heterocycles. The van der Waals surface area contributed by atoms with Crippen LogP contribution in [0.5, 0.6) is 0 Å². The van der Waals surface area contributed by atoms with Crippen LogP contribution in [0.3, 0.4) is 0 Å². The van der Waals surface area contributed by atoms with Gasteiger partial charge in [0, 0.05) is 13.1 Å². The van der Waals surface area contributed by atoms with Crippen molar-refractivity contribution in [2.75, 3.05) is 6.54 Å². The van der Waals surface area contributed by atoms with Crippen LogP contribution in [0.4, 0.5) is 13.2 Å². The largest absolute Gasteiger partial charge is 0.416 e. The van der Waals surface area contributed by atoms with Crippen LogP contribution in [0.15, 0.2) is 53.5 Å². The second kappa shape index (κ2) is 10.8. The molecule has 4 nitrogen and oxygen atoms in total. The van der Waals surface area contributed by atoms with E-state index in [9.17, 15) is 13.2 Å². The molecule has 0 atom stereocenters. The molecule has 0 saturated heterocycles. The minimum absolute atomic E-state index is 0. The van der Waals surface area contributed by atoms with E-state index in [0.29, 0.717) is 30.2 Å². The fourth-order valence-corrected chi connectivity index (χ4v) is 2.24. The number of nitrogens with zero attached hydrogens (tertiary/aromatic N) is 2. The number of aliphatic imine (C=N–C) groups is 1. The molecule has 0 unspecified atom stereocenters. The highest BCUT2D eigenvalue weighted by atomic mass is 127. The summed E-state index contributed by atoms with van der Waals surface area (Å²) in [6.45, 7) is 3.15.